The number of anilines is 1. The lowest BCUT2D eigenvalue weighted by Crippen LogP contribution is -2.43. The molecular formula is C18H28N2O2. The molecule has 1 rings (SSSR count). The van der Waals surface area contributed by atoms with Crippen LogP contribution in [0.2, 0.25) is 0 Å². The van der Waals surface area contributed by atoms with Gasteiger partial charge in [-0.25, -0.2) is 0 Å². The van der Waals surface area contributed by atoms with Crippen LogP contribution in [0.5, 0.6) is 0 Å². The topological polar surface area (TPSA) is 49.4 Å². The first-order valence-electron chi connectivity index (χ1n) is 7.88. The first-order chi connectivity index (χ1) is 10.2. The Kier molecular flexibility index (Phi) is 6.60. The van der Waals surface area contributed by atoms with Crippen molar-refractivity contribution in [1.82, 2.24) is 4.90 Å². The highest BCUT2D eigenvalue weighted by atomic mass is 16.2. The Balaban J connectivity index is 2.84. The summed E-state index contributed by atoms with van der Waals surface area (Å²) in [5.41, 5.74) is 2.78. The standard InChI is InChI=1S/C18H28N2O2/c1-12(2)10-20(11-13(3)4)18(22)17(21)19-16-9-7-8-14(5)15(16)6/h7-9,12-13H,10-11H2,1-6H3,(H,19,21). The van der Waals surface area contributed by atoms with Gasteiger partial charge in [-0.05, 0) is 42.9 Å². The van der Waals surface area contributed by atoms with Crippen LogP contribution >= 0.6 is 0 Å². The lowest BCUT2D eigenvalue weighted by molar-refractivity contribution is -0.143. The highest BCUT2D eigenvalue weighted by Gasteiger charge is 2.23. The number of rotatable bonds is 5. The number of nitrogens with one attached hydrogen (secondary N) is 1. The van der Waals surface area contributed by atoms with Gasteiger partial charge in [0.1, 0.15) is 0 Å². The molecule has 0 bridgehead atoms. The summed E-state index contributed by atoms with van der Waals surface area (Å²) in [7, 11) is 0. The largest absolute Gasteiger partial charge is 0.334 e. The Labute approximate surface area is 133 Å². The molecule has 0 fully saturated rings. The summed E-state index contributed by atoms with van der Waals surface area (Å²) in [6.45, 7) is 13.3. The van der Waals surface area contributed by atoms with Crippen molar-refractivity contribution >= 4 is 17.5 Å². The van der Waals surface area contributed by atoms with Crippen molar-refractivity contribution in [2.45, 2.75) is 41.5 Å². The zero-order valence-electron chi connectivity index (χ0n) is 14.6. The molecule has 1 aromatic carbocycles. The molecule has 122 valence electrons. The minimum atomic E-state index is -0.560. The van der Waals surface area contributed by atoms with Crippen molar-refractivity contribution < 1.29 is 9.59 Å². The molecule has 0 aromatic heterocycles. The van der Waals surface area contributed by atoms with E-state index in [1.54, 1.807) is 4.90 Å². The quantitative estimate of drug-likeness (QED) is 0.848. The average molecular weight is 304 g/mol. The molecule has 0 spiro atoms. The van der Waals surface area contributed by atoms with E-state index in [4.69, 9.17) is 0 Å². The monoisotopic (exact) mass is 304 g/mol. The van der Waals surface area contributed by atoms with Crippen LogP contribution in [0.1, 0.15) is 38.8 Å². The van der Waals surface area contributed by atoms with Crippen LogP contribution in [0, 0.1) is 25.7 Å². The molecule has 0 saturated heterocycles. The predicted octanol–water partition coefficient (Wildman–Crippen LogP) is 3.38. The third kappa shape index (κ3) is 5.17. The van der Waals surface area contributed by atoms with E-state index in [0.717, 1.165) is 11.1 Å². The van der Waals surface area contributed by atoms with E-state index >= 15 is 0 Å². The molecule has 0 saturated carbocycles. The third-order valence-electron chi connectivity index (χ3n) is 3.51. The zero-order chi connectivity index (χ0) is 16.9. The number of hydrogen-bond acceptors (Lipinski definition) is 2. The van der Waals surface area contributed by atoms with Gasteiger partial charge in [-0.2, -0.15) is 0 Å². The molecule has 1 N–H and O–H groups in total. The molecule has 0 radical (unpaired) electrons. The fourth-order valence-electron chi connectivity index (χ4n) is 2.33. The van der Waals surface area contributed by atoms with E-state index < -0.39 is 11.8 Å². The van der Waals surface area contributed by atoms with E-state index in [0.29, 0.717) is 30.6 Å². The summed E-state index contributed by atoms with van der Waals surface area (Å²) in [6.07, 6.45) is 0. The summed E-state index contributed by atoms with van der Waals surface area (Å²) in [5, 5.41) is 2.75. The second-order valence-corrected chi connectivity index (χ2v) is 6.70. The molecule has 4 heteroatoms. The number of carbonyl (C=O) groups excluding carboxylic acids is 2. The minimum Gasteiger partial charge on any atom is -0.334 e. The first kappa shape index (κ1) is 18.2. The molecule has 0 atom stereocenters. The number of hydrogen-bond donors (Lipinski definition) is 1. The normalized spacial score (nSPS) is 10.9. The van der Waals surface area contributed by atoms with Gasteiger partial charge in [-0.15, -0.1) is 0 Å². The van der Waals surface area contributed by atoms with Crippen molar-refractivity contribution in [2.75, 3.05) is 18.4 Å². The number of nitrogens with zero attached hydrogens (tertiary/aromatic N) is 1. The number of benzene rings is 1. The third-order valence-corrected chi connectivity index (χ3v) is 3.51. The van der Waals surface area contributed by atoms with E-state index in [2.05, 4.69) is 5.32 Å². The summed E-state index contributed by atoms with van der Waals surface area (Å²) >= 11 is 0. The van der Waals surface area contributed by atoms with Crippen LogP contribution in [0.25, 0.3) is 0 Å². The maximum atomic E-state index is 12.4. The van der Waals surface area contributed by atoms with Gasteiger partial charge < -0.3 is 10.2 Å². The van der Waals surface area contributed by atoms with E-state index in [-0.39, 0.29) is 0 Å². The molecule has 1 aromatic rings. The lowest BCUT2D eigenvalue weighted by Gasteiger charge is -2.25. The fourth-order valence-corrected chi connectivity index (χ4v) is 2.33. The molecule has 4 nitrogen and oxygen atoms in total. The summed E-state index contributed by atoms with van der Waals surface area (Å²) in [6, 6.07) is 5.68. The predicted molar refractivity (Wildman–Crippen MR) is 90.8 cm³/mol. The van der Waals surface area contributed by atoms with Crippen LogP contribution in [0.15, 0.2) is 18.2 Å². The van der Waals surface area contributed by atoms with Crippen molar-refractivity contribution in [1.29, 1.82) is 0 Å². The van der Waals surface area contributed by atoms with Crippen molar-refractivity contribution in [3.05, 3.63) is 29.3 Å². The lowest BCUT2D eigenvalue weighted by atomic mass is 10.1. The highest BCUT2D eigenvalue weighted by molar-refractivity contribution is 6.39. The fraction of sp³-hybridized carbons (Fsp3) is 0.556. The van der Waals surface area contributed by atoms with Crippen LogP contribution in [-0.4, -0.2) is 29.8 Å². The van der Waals surface area contributed by atoms with Gasteiger partial charge in [-0.3, -0.25) is 9.59 Å². The Morgan fingerprint density at radius 1 is 1.05 bits per heavy atom. The van der Waals surface area contributed by atoms with Gasteiger partial charge in [0.05, 0.1) is 0 Å². The van der Waals surface area contributed by atoms with Crippen molar-refractivity contribution in [2.24, 2.45) is 11.8 Å². The van der Waals surface area contributed by atoms with E-state index in [1.165, 1.54) is 0 Å². The van der Waals surface area contributed by atoms with Crippen LogP contribution in [0.3, 0.4) is 0 Å². The number of carbonyl (C=O) groups is 2. The highest BCUT2D eigenvalue weighted by Crippen LogP contribution is 2.18. The van der Waals surface area contributed by atoms with Gasteiger partial charge in [0.15, 0.2) is 0 Å². The maximum absolute atomic E-state index is 12.4. The summed E-state index contributed by atoms with van der Waals surface area (Å²) in [4.78, 5) is 26.4. The van der Waals surface area contributed by atoms with Crippen LogP contribution in [0.4, 0.5) is 5.69 Å². The molecule has 0 aliphatic carbocycles. The molecular weight excluding hydrogens is 276 g/mol. The Hall–Kier alpha value is -1.84. The number of aryl methyl sites for hydroxylation is 1. The van der Waals surface area contributed by atoms with E-state index in [9.17, 15) is 9.59 Å². The second-order valence-electron chi connectivity index (χ2n) is 6.70. The molecule has 0 heterocycles. The smallest absolute Gasteiger partial charge is 0.313 e. The molecule has 0 unspecified atom stereocenters. The molecule has 0 aliphatic rings. The second kappa shape index (κ2) is 7.97. The van der Waals surface area contributed by atoms with Gasteiger partial charge in [0.2, 0.25) is 0 Å². The zero-order valence-corrected chi connectivity index (χ0v) is 14.6. The first-order valence-corrected chi connectivity index (χ1v) is 7.88. The van der Waals surface area contributed by atoms with Gasteiger partial charge >= 0.3 is 11.8 Å². The summed E-state index contributed by atoms with van der Waals surface area (Å²) in [5.74, 6) is -0.356. The van der Waals surface area contributed by atoms with Crippen LogP contribution in [-0.2, 0) is 9.59 Å². The Morgan fingerprint density at radius 2 is 1.59 bits per heavy atom. The molecule has 22 heavy (non-hydrogen) atoms. The van der Waals surface area contributed by atoms with E-state index in [1.807, 2.05) is 59.7 Å². The van der Waals surface area contributed by atoms with Crippen LogP contribution < -0.4 is 5.32 Å². The number of amides is 2. The summed E-state index contributed by atoms with van der Waals surface area (Å²) < 4.78 is 0. The minimum absolute atomic E-state index is 0.330. The van der Waals surface area contributed by atoms with Gasteiger partial charge in [0, 0.05) is 18.8 Å². The van der Waals surface area contributed by atoms with Crippen molar-refractivity contribution in [3.8, 4) is 0 Å². The van der Waals surface area contributed by atoms with Crippen molar-refractivity contribution in [3.63, 3.8) is 0 Å². The SMILES string of the molecule is Cc1cccc(NC(=O)C(=O)N(CC(C)C)CC(C)C)c1C. The Bertz CT molecular complexity index is 526. The maximum Gasteiger partial charge on any atom is 0.313 e. The Morgan fingerprint density at radius 3 is 2.09 bits per heavy atom. The molecule has 2 amide bonds. The van der Waals surface area contributed by atoms with Gasteiger partial charge in [0.25, 0.3) is 0 Å². The molecule has 0 aliphatic heterocycles. The van der Waals surface area contributed by atoms with Gasteiger partial charge in [-0.1, -0.05) is 39.8 Å². The average Bonchev–Trinajstić information content (AvgIpc) is 2.41.